The first kappa shape index (κ1) is 17.4. The van der Waals surface area contributed by atoms with Crippen molar-refractivity contribution in [1.82, 2.24) is 5.32 Å². The van der Waals surface area contributed by atoms with Gasteiger partial charge in [0.2, 0.25) is 0 Å². The molecule has 2 aromatic carbocycles. The molecule has 24 heavy (non-hydrogen) atoms. The molecule has 8 heteroatoms. The largest absolute Gasteiger partial charge is 0.355 e. The zero-order chi connectivity index (χ0) is 17.9. The highest BCUT2D eigenvalue weighted by molar-refractivity contribution is 6.34. The molecule has 124 valence electrons. The van der Waals surface area contributed by atoms with E-state index < -0.39 is 10.8 Å². The van der Waals surface area contributed by atoms with Crippen molar-refractivity contribution in [3.05, 3.63) is 68.2 Å². The summed E-state index contributed by atoms with van der Waals surface area (Å²) in [4.78, 5) is 34.5. The molecule has 0 heterocycles. The fourth-order valence-corrected chi connectivity index (χ4v) is 2.38. The number of amides is 2. The van der Waals surface area contributed by atoms with Crippen LogP contribution in [0.3, 0.4) is 0 Å². The molecule has 0 atom stereocenters. The first-order chi connectivity index (χ1) is 11.3. The Morgan fingerprint density at radius 3 is 2.46 bits per heavy atom. The van der Waals surface area contributed by atoms with Gasteiger partial charge in [-0.15, -0.1) is 0 Å². The fraction of sp³-hybridized carbons (Fsp3) is 0.125. The fourth-order valence-electron chi connectivity index (χ4n) is 2.18. The third kappa shape index (κ3) is 3.52. The van der Waals surface area contributed by atoms with Crippen LogP contribution in [0.15, 0.2) is 36.4 Å². The van der Waals surface area contributed by atoms with E-state index in [0.717, 1.165) is 0 Å². The highest BCUT2D eigenvalue weighted by Crippen LogP contribution is 2.24. The van der Waals surface area contributed by atoms with Gasteiger partial charge in [0.15, 0.2) is 0 Å². The lowest BCUT2D eigenvalue weighted by Gasteiger charge is -2.10. The van der Waals surface area contributed by atoms with E-state index in [-0.39, 0.29) is 33.3 Å². The minimum Gasteiger partial charge on any atom is -0.355 e. The van der Waals surface area contributed by atoms with E-state index >= 15 is 0 Å². The van der Waals surface area contributed by atoms with Crippen LogP contribution in [0.4, 0.5) is 11.4 Å². The lowest BCUT2D eigenvalue weighted by molar-refractivity contribution is -0.385. The van der Waals surface area contributed by atoms with E-state index in [4.69, 9.17) is 11.6 Å². The van der Waals surface area contributed by atoms with Crippen LogP contribution in [-0.2, 0) is 0 Å². The van der Waals surface area contributed by atoms with Gasteiger partial charge in [-0.05, 0) is 31.2 Å². The van der Waals surface area contributed by atoms with Gasteiger partial charge in [0.25, 0.3) is 17.5 Å². The Morgan fingerprint density at radius 2 is 1.83 bits per heavy atom. The number of rotatable bonds is 4. The smallest absolute Gasteiger partial charge is 0.273 e. The number of nitro benzene ring substituents is 1. The number of hydrogen-bond donors (Lipinski definition) is 2. The Hall–Kier alpha value is -2.93. The highest BCUT2D eigenvalue weighted by Gasteiger charge is 2.18. The predicted molar refractivity (Wildman–Crippen MR) is 90.6 cm³/mol. The lowest BCUT2D eigenvalue weighted by Crippen LogP contribution is -2.19. The monoisotopic (exact) mass is 347 g/mol. The molecule has 2 aromatic rings. The Kier molecular flexibility index (Phi) is 5.15. The minimum absolute atomic E-state index is 0.134. The van der Waals surface area contributed by atoms with Crippen LogP contribution >= 0.6 is 11.6 Å². The van der Waals surface area contributed by atoms with E-state index in [0.29, 0.717) is 5.69 Å². The number of nitrogens with one attached hydrogen (secondary N) is 2. The average molecular weight is 348 g/mol. The summed E-state index contributed by atoms with van der Waals surface area (Å²) in [5.74, 6) is -0.899. The molecule has 0 unspecified atom stereocenters. The van der Waals surface area contributed by atoms with Crippen molar-refractivity contribution in [1.29, 1.82) is 0 Å². The van der Waals surface area contributed by atoms with Crippen LogP contribution in [0.25, 0.3) is 0 Å². The molecule has 0 bridgehead atoms. The molecule has 2 rings (SSSR count). The summed E-state index contributed by atoms with van der Waals surface area (Å²) in [7, 11) is 1.47. The number of nitro groups is 1. The number of carbonyl (C=O) groups is 2. The van der Waals surface area contributed by atoms with Gasteiger partial charge >= 0.3 is 0 Å². The molecule has 0 aliphatic heterocycles. The van der Waals surface area contributed by atoms with Crippen molar-refractivity contribution >= 4 is 34.8 Å². The molecular weight excluding hydrogens is 334 g/mol. The number of anilines is 1. The number of carbonyl (C=O) groups excluding carboxylic acids is 2. The van der Waals surface area contributed by atoms with Crippen molar-refractivity contribution in [2.45, 2.75) is 6.92 Å². The van der Waals surface area contributed by atoms with Crippen molar-refractivity contribution in [3.8, 4) is 0 Å². The van der Waals surface area contributed by atoms with Gasteiger partial charge in [0, 0.05) is 29.9 Å². The highest BCUT2D eigenvalue weighted by atomic mass is 35.5. The molecule has 7 nitrogen and oxygen atoms in total. The van der Waals surface area contributed by atoms with Gasteiger partial charge in [-0.1, -0.05) is 17.7 Å². The van der Waals surface area contributed by atoms with Crippen molar-refractivity contribution in [3.63, 3.8) is 0 Å². The second kappa shape index (κ2) is 7.10. The first-order valence-corrected chi connectivity index (χ1v) is 7.30. The summed E-state index contributed by atoms with van der Waals surface area (Å²) in [6, 6.07) is 8.73. The Bertz CT molecular complexity index is 836. The quantitative estimate of drug-likeness (QED) is 0.655. The van der Waals surface area contributed by atoms with Gasteiger partial charge in [-0.3, -0.25) is 19.7 Å². The summed E-state index contributed by atoms with van der Waals surface area (Å²) in [6.07, 6.45) is 0. The predicted octanol–water partition coefficient (Wildman–Crippen LogP) is 3.17. The minimum atomic E-state index is -0.544. The van der Waals surface area contributed by atoms with Gasteiger partial charge in [0.1, 0.15) is 0 Å². The van der Waals surface area contributed by atoms with E-state index in [2.05, 4.69) is 10.6 Å². The third-order valence-corrected chi connectivity index (χ3v) is 3.77. The number of halogens is 1. The molecule has 0 aliphatic carbocycles. The Morgan fingerprint density at radius 1 is 1.12 bits per heavy atom. The van der Waals surface area contributed by atoms with Crippen LogP contribution in [0.2, 0.25) is 5.02 Å². The van der Waals surface area contributed by atoms with Crippen LogP contribution in [0, 0.1) is 17.0 Å². The van der Waals surface area contributed by atoms with Crippen LogP contribution < -0.4 is 10.6 Å². The summed E-state index contributed by atoms with van der Waals surface area (Å²) in [5, 5.41) is 16.3. The maximum atomic E-state index is 12.4. The molecular formula is C16H14ClN3O4. The van der Waals surface area contributed by atoms with Crippen molar-refractivity contribution in [2.75, 3.05) is 12.4 Å². The van der Waals surface area contributed by atoms with Gasteiger partial charge in [0.05, 0.1) is 15.5 Å². The molecule has 0 aliphatic rings. The van der Waals surface area contributed by atoms with Crippen LogP contribution in [0.5, 0.6) is 0 Å². The topological polar surface area (TPSA) is 101 Å². The Balaban J connectivity index is 2.33. The molecule has 0 aromatic heterocycles. The van der Waals surface area contributed by atoms with E-state index in [1.54, 1.807) is 6.07 Å². The second-order valence-corrected chi connectivity index (χ2v) is 5.34. The average Bonchev–Trinajstić information content (AvgIpc) is 2.55. The Labute approximate surface area is 142 Å². The SMILES string of the molecule is CNC(=O)c1cc(NC(=O)c2cccc([N+](=O)[O-])c2C)ccc1Cl. The summed E-state index contributed by atoms with van der Waals surface area (Å²) < 4.78 is 0. The molecule has 0 radical (unpaired) electrons. The third-order valence-electron chi connectivity index (χ3n) is 3.44. The van der Waals surface area contributed by atoms with Crippen LogP contribution in [-0.4, -0.2) is 23.8 Å². The normalized spacial score (nSPS) is 10.1. The van der Waals surface area contributed by atoms with E-state index in [1.807, 2.05) is 0 Å². The first-order valence-electron chi connectivity index (χ1n) is 6.92. The molecule has 0 saturated carbocycles. The summed E-state index contributed by atoms with van der Waals surface area (Å²) >= 11 is 5.96. The number of hydrogen-bond acceptors (Lipinski definition) is 4. The second-order valence-electron chi connectivity index (χ2n) is 4.93. The number of nitrogens with zero attached hydrogens (tertiary/aromatic N) is 1. The zero-order valence-corrected chi connectivity index (χ0v) is 13.7. The molecule has 2 N–H and O–H groups in total. The van der Waals surface area contributed by atoms with Crippen LogP contribution in [0.1, 0.15) is 26.3 Å². The maximum Gasteiger partial charge on any atom is 0.273 e. The van der Waals surface area contributed by atoms with Crippen molar-refractivity contribution in [2.24, 2.45) is 0 Å². The van der Waals surface area contributed by atoms with Gasteiger partial charge < -0.3 is 10.6 Å². The molecule has 2 amide bonds. The standard InChI is InChI=1S/C16H14ClN3O4/c1-9-11(4-3-5-14(9)20(23)24)16(22)19-10-6-7-13(17)12(8-10)15(21)18-2/h3-8H,1-2H3,(H,18,21)(H,19,22). The number of benzene rings is 2. The summed E-state index contributed by atoms with van der Waals surface area (Å²) in [5.41, 5.74) is 0.882. The molecule has 0 saturated heterocycles. The lowest BCUT2D eigenvalue weighted by atomic mass is 10.1. The maximum absolute atomic E-state index is 12.4. The van der Waals surface area contributed by atoms with E-state index in [1.165, 1.54) is 44.3 Å². The van der Waals surface area contributed by atoms with Gasteiger partial charge in [-0.2, -0.15) is 0 Å². The summed E-state index contributed by atoms with van der Waals surface area (Å²) in [6.45, 7) is 1.50. The van der Waals surface area contributed by atoms with E-state index in [9.17, 15) is 19.7 Å². The molecule has 0 fully saturated rings. The zero-order valence-electron chi connectivity index (χ0n) is 12.9. The molecule has 0 spiro atoms. The van der Waals surface area contributed by atoms with Gasteiger partial charge in [-0.25, -0.2) is 0 Å². The van der Waals surface area contributed by atoms with Crippen molar-refractivity contribution < 1.29 is 14.5 Å².